The van der Waals surface area contributed by atoms with E-state index in [4.69, 9.17) is 10.5 Å². The Bertz CT molecular complexity index is 604. The minimum atomic E-state index is 0.298. The second-order valence-electron chi connectivity index (χ2n) is 5.51. The zero-order valence-corrected chi connectivity index (χ0v) is 14.4. The second kappa shape index (κ2) is 7.10. The molecule has 0 aliphatic carbocycles. The molecule has 2 rings (SSSR count). The number of hydrogen-bond donors (Lipinski definition) is 1. The Morgan fingerprint density at radius 2 is 1.76 bits per heavy atom. The molecule has 1 atom stereocenters. The molecule has 0 saturated heterocycles. The maximum absolute atomic E-state index is 6.03. The molecule has 0 fully saturated rings. The highest BCUT2D eigenvalue weighted by atomic mass is 79.9. The Morgan fingerprint density at radius 3 is 2.33 bits per heavy atom. The molecule has 2 aromatic rings. The van der Waals surface area contributed by atoms with E-state index in [1.807, 2.05) is 12.1 Å². The fraction of sp³-hybridized carbons (Fsp3) is 0.333. The summed E-state index contributed by atoms with van der Waals surface area (Å²) in [5.41, 5.74) is 11.1. The van der Waals surface area contributed by atoms with E-state index < -0.39 is 0 Å². The lowest BCUT2D eigenvalue weighted by Crippen LogP contribution is -2.16. The standard InChI is InChI=1S/C18H22BrNO/c1-12-6-13(2)8-14(7-12)16(11-20)9-15-10-17(19)4-5-18(15)21-3/h4-8,10,16H,9,11,20H2,1-3H3. The van der Waals surface area contributed by atoms with Crippen LogP contribution in [0.4, 0.5) is 0 Å². The molecule has 1 unspecified atom stereocenters. The van der Waals surface area contributed by atoms with Gasteiger partial charge in [-0.1, -0.05) is 45.3 Å². The van der Waals surface area contributed by atoms with Crippen LogP contribution >= 0.6 is 15.9 Å². The van der Waals surface area contributed by atoms with Crippen LogP contribution < -0.4 is 10.5 Å². The van der Waals surface area contributed by atoms with Gasteiger partial charge in [-0.15, -0.1) is 0 Å². The van der Waals surface area contributed by atoms with E-state index in [2.05, 4.69) is 54.0 Å². The van der Waals surface area contributed by atoms with Crippen LogP contribution in [-0.2, 0) is 6.42 Å². The lowest BCUT2D eigenvalue weighted by molar-refractivity contribution is 0.408. The highest BCUT2D eigenvalue weighted by Crippen LogP contribution is 2.29. The summed E-state index contributed by atoms with van der Waals surface area (Å²) in [6, 6.07) is 12.8. The molecule has 0 bridgehead atoms. The Labute approximate surface area is 135 Å². The van der Waals surface area contributed by atoms with Gasteiger partial charge in [0.05, 0.1) is 7.11 Å². The molecule has 21 heavy (non-hydrogen) atoms. The molecule has 0 heterocycles. The van der Waals surface area contributed by atoms with Gasteiger partial charge in [0.1, 0.15) is 5.75 Å². The third-order valence-electron chi connectivity index (χ3n) is 3.71. The number of ether oxygens (including phenoxy) is 1. The first-order valence-corrected chi connectivity index (χ1v) is 7.93. The molecule has 2 nitrogen and oxygen atoms in total. The Morgan fingerprint density at radius 1 is 1.10 bits per heavy atom. The van der Waals surface area contributed by atoms with Crippen LogP contribution in [0.25, 0.3) is 0 Å². The van der Waals surface area contributed by atoms with E-state index in [1.54, 1.807) is 7.11 Å². The third kappa shape index (κ3) is 4.08. The van der Waals surface area contributed by atoms with Gasteiger partial charge in [0.25, 0.3) is 0 Å². The SMILES string of the molecule is COc1ccc(Br)cc1CC(CN)c1cc(C)cc(C)c1. The van der Waals surface area contributed by atoms with Crippen LogP contribution in [0.15, 0.2) is 40.9 Å². The number of benzene rings is 2. The van der Waals surface area contributed by atoms with Crippen molar-refractivity contribution in [1.82, 2.24) is 0 Å². The van der Waals surface area contributed by atoms with Crippen molar-refractivity contribution in [3.05, 3.63) is 63.1 Å². The molecule has 3 heteroatoms. The van der Waals surface area contributed by atoms with Gasteiger partial charge in [-0.3, -0.25) is 0 Å². The van der Waals surface area contributed by atoms with Crippen molar-refractivity contribution in [3.8, 4) is 5.75 Å². The first kappa shape index (κ1) is 16.1. The third-order valence-corrected chi connectivity index (χ3v) is 4.20. The molecule has 0 aliphatic rings. The van der Waals surface area contributed by atoms with Crippen LogP contribution in [0.2, 0.25) is 0 Å². The van der Waals surface area contributed by atoms with Gasteiger partial charge in [-0.2, -0.15) is 0 Å². The predicted molar refractivity (Wildman–Crippen MR) is 92.1 cm³/mol. The first-order chi connectivity index (χ1) is 10.0. The highest BCUT2D eigenvalue weighted by Gasteiger charge is 2.14. The Kier molecular flexibility index (Phi) is 5.43. The Balaban J connectivity index is 2.32. The van der Waals surface area contributed by atoms with Crippen molar-refractivity contribution in [2.45, 2.75) is 26.2 Å². The van der Waals surface area contributed by atoms with Crippen LogP contribution in [0.3, 0.4) is 0 Å². The predicted octanol–water partition coefficient (Wildman–Crippen LogP) is 4.36. The highest BCUT2D eigenvalue weighted by molar-refractivity contribution is 9.10. The molecule has 0 amide bonds. The molecular formula is C18H22BrNO. The van der Waals surface area contributed by atoms with Crippen molar-refractivity contribution >= 4 is 15.9 Å². The zero-order chi connectivity index (χ0) is 15.4. The lowest BCUT2D eigenvalue weighted by atomic mass is 9.90. The summed E-state index contributed by atoms with van der Waals surface area (Å²) in [6.45, 7) is 4.88. The van der Waals surface area contributed by atoms with Gasteiger partial charge >= 0.3 is 0 Å². The first-order valence-electron chi connectivity index (χ1n) is 7.14. The maximum Gasteiger partial charge on any atom is 0.122 e. The summed E-state index contributed by atoms with van der Waals surface area (Å²) in [4.78, 5) is 0. The molecular weight excluding hydrogens is 326 g/mol. The second-order valence-corrected chi connectivity index (χ2v) is 6.43. The number of rotatable bonds is 5. The van der Waals surface area contributed by atoms with Gasteiger partial charge in [0, 0.05) is 10.4 Å². The fourth-order valence-electron chi connectivity index (χ4n) is 2.76. The smallest absolute Gasteiger partial charge is 0.122 e. The van der Waals surface area contributed by atoms with Crippen LogP contribution in [0.1, 0.15) is 28.2 Å². The van der Waals surface area contributed by atoms with Crippen LogP contribution in [0.5, 0.6) is 5.75 Å². The molecule has 0 spiro atoms. The van der Waals surface area contributed by atoms with Crippen molar-refractivity contribution < 1.29 is 4.74 Å². The van der Waals surface area contributed by atoms with Crippen molar-refractivity contribution in [2.24, 2.45) is 5.73 Å². The van der Waals surface area contributed by atoms with Gasteiger partial charge in [-0.05, 0) is 56.1 Å². The van der Waals surface area contributed by atoms with Crippen molar-refractivity contribution in [1.29, 1.82) is 0 Å². The summed E-state index contributed by atoms with van der Waals surface area (Å²) in [5, 5.41) is 0. The molecule has 0 aromatic heterocycles. The number of hydrogen-bond acceptors (Lipinski definition) is 2. The van der Waals surface area contributed by atoms with E-state index in [-0.39, 0.29) is 0 Å². The molecule has 0 aliphatic heterocycles. The minimum absolute atomic E-state index is 0.298. The molecule has 0 radical (unpaired) electrons. The summed E-state index contributed by atoms with van der Waals surface area (Å²) in [7, 11) is 1.71. The average Bonchev–Trinajstić information content (AvgIpc) is 2.43. The average molecular weight is 348 g/mol. The van der Waals surface area contributed by atoms with Crippen molar-refractivity contribution in [3.63, 3.8) is 0 Å². The van der Waals surface area contributed by atoms with Crippen LogP contribution in [-0.4, -0.2) is 13.7 Å². The van der Waals surface area contributed by atoms with Gasteiger partial charge in [0.15, 0.2) is 0 Å². The van der Waals surface area contributed by atoms with Crippen LogP contribution in [0, 0.1) is 13.8 Å². The summed E-state index contributed by atoms with van der Waals surface area (Å²) >= 11 is 3.53. The molecule has 112 valence electrons. The summed E-state index contributed by atoms with van der Waals surface area (Å²) in [6.07, 6.45) is 0.877. The zero-order valence-electron chi connectivity index (χ0n) is 12.8. The quantitative estimate of drug-likeness (QED) is 0.871. The molecule has 2 N–H and O–H groups in total. The van der Waals surface area contributed by atoms with E-state index in [1.165, 1.54) is 22.3 Å². The van der Waals surface area contributed by atoms with E-state index in [0.717, 1.165) is 16.6 Å². The largest absolute Gasteiger partial charge is 0.496 e. The van der Waals surface area contributed by atoms with Crippen molar-refractivity contribution in [2.75, 3.05) is 13.7 Å². The minimum Gasteiger partial charge on any atom is -0.496 e. The van der Waals surface area contributed by atoms with E-state index >= 15 is 0 Å². The van der Waals surface area contributed by atoms with E-state index in [0.29, 0.717) is 12.5 Å². The maximum atomic E-state index is 6.03. The topological polar surface area (TPSA) is 35.2 Å². The molecule has 0 saturated carbocycles. The lowest BCUT2D eigenvalue weighted by Gasteiger charge is -2.18. The summed E-state index contributed by atoms with van der Waals surface area (Å²) < 4.78 is 6.53. The number of nitrogens with two attached hydrogens (primary N) is 1. The molecule has 2 aromatic carbocycles. The Hall–Kier alpha value is -1.32. The normalized spacial score (nSPS) is 12.2. The summed E-state index contributed by atoms with van der Waals surface area (Å²) in [5.74, 6) is 1.22. The monoisotopic (exact) mass is 347 g/mol. The van der Waals surface area contributed by atoms with Gasteiger partial charge in [-0.25, -0.2) is 0 Å². The number of halogens is 1. The fourth-order valence-corrected chi connectivity index (χ4v) is 3.16. The number of methoxy groups -OCH3 is 1. The number of aryl methyl sites for hydroxylation is 2. The van der Waals surface area contributed by atoms with Gasteiger partial charge < -0.3 is 10.5 Å². The van der Waals surface area contributed by atoms with E-state index in [9.17, 15) is 0 Å². The van der Waals surface area contributed by atoms with Gasteiger partial charge in [0.2, 0.25) is 0 Å².